The van der Waals surface area contributed by atoms with Crippen molar-refractivity contribution in [2.45, 2.75) is 36.1 Å². The predicted octanol–water partition coefficient (Wildman–Crippen LogP) is 4.65. The first-order valence-corrected chi connectivity index (χ1v) is 12.5. The first-order chi connectivity index (χ1) is 16.1. The Morgan fingerprint density at radius 3 is 2.55 bits per heavy atom. The van der Waals surface area contributed by atoms with Gasteiger partial charge in [-0.3, -0.25) is 14.2 Å². The lowest BCUT2D eigenvalue weighted by molar-refractivity contribution is -0.117. The molecular weight excluding hydrogens is 454 g/mol. The Balaban J connectivity index is 1.72. The molecule has 2 aromatic heterocycles. The van der Waals surface area contributed by atoms with Gasteiger partial charge in [0.2, 0.25) is 5.91 Å². The van der Waals surface area contributed by atoms with Crippen LogP contribution in [0.2, 0.25) is 0 Å². The molecule has 4 aromatic rings. The van der Waals surface area contributed by atoms with Crippen LogP contribution < -0.4 is 16.0 Å². The zero-order valence-corrected chi connectivity index (χ0v) is 19.7. The maximum absolute atomic E-state index is 13.9. The van der Waals surface area contributed by atoms with Crippen LogP contribution in [-0.4, -0.2) is 22.6 Å². The maximum Gasteiger partial charge on any atom is 0.267 e. The summed E-state index contributed by atoms with van der Waals surface area (Å²) in [6.07, 6.45) is 4.09. The van der Waals surface area contributed by atoms with Crippen molar-refractivity contribution < 1.29 is 9.53 Å². The Morgan fingerprint density at radius 2 is 1.85 bits per heavy atom. The van der Waals surface area contributed by atoms with Crippen LogP contribution in [-0.2, 0) is 17.6 Å². The van der Waals surface area contributed by atoms with E-state index < -0.39 is 11.2 Å². The minimum atomic E-state index is -0.672. The fraction of sp³-hybridized carbons (Fsp3) is 0.240. The van der Waals surface area contributed by atoms with Crippen molar-refractivity contribution in [2.75, 3.05) is 7.11 Å². The largest absolute Gasteiger partial charge is 0.497 e. The number of nitrogens with zero attached hydrogens (tertiary/aromatic N) is 2. The molecule has 0 saturated carbocycles. The lowest BCUT2D eigenvalue weighted by Gasteiger charge is -2.17. The minimum absolute atomic E-state index is 0.108. The Morgan fingerprint density at radius 1 is 1.12 bits per heavy atom. The predicted molar refractivity (Wildman–Crippen MR) is 133 cm³/mol. The molecule has 0 saturated heterocycles. The molecule has 1 unspecified atom stereocenters. The van der Waals surface area contributed by atoms with E-state index in [-0.39, 0.29) is 5.56 Å². The van der Waals surface area contributed by atoms with Gasteiger partial charge in [-0.1, -0.05) is 42.1 Å². The number of fused-ring (bicyclic) bond motifs is 3. The van der Waals surface area contributed by atoms with Crippen LogP contribution in [0.5, 0.6) is 5.75 Å². The van der Waals surface area contributed by atoms with Crippen LogP contribution >= 0.6 is 23.1 Å². The summed E-state index contributed by atoms with van der Waals surface area (Å²) in [5.41, 5.74) is 8.25. The Hall–Kier alpha value is -3.10. The number of primary amides is 1. The van der Waals surface area contributed by atoms with E-state index in [4.69, 9.17) is 15.5 Å². The van der Waals surface area contributed by atoms with E-state index in [1.807, 2.05) is 54.6 Å². The third kappa shape index (κ3) is 4.05. The molecule has 0 fully saturated rings. The fourth-order valence-electron chi connectivity index (χ4n) is 4.25. The normalized spacial score (nSPS) is 14.1. The average Bonchev–Trinajstić information content (AvgIpc) is 3.22. The third-order valence-corrected chi connectivity index (χ3v) is 8.28. The summed E-state index contributed by atoms with van der Waals surface area (Å²) < 4.78 is 6.89. The number of nitrogens with two attached hydrogens (primary N) is 1. The number of hydrogen-bond donors (Lipinski definition) is 1. The van der Waals surface area contributed by atoms with Gasteiger partial charge >= 0.3 is 0 Å². The molecule has 1 atom stereocenters. The summed E-state index contributed by atoms with van der Waals surface area (Å²) >= 11 is 2.80. The van der Waals surface area contributed by atoms with E-state index in [9.17, 15) is 9.59 Å². The molecule has 0 bridgehead atoms. The summed E-state index contributed by atoms with van der Waals surface area (Å²) in [4.78, 5) is 33.2. The minimum Gasteiger partial charge on any atom is -0.497 e. The summed E-state index contributed by atoms with van der Waals surface area (Å²) in [6.45, 7) is 0. The molecular formula is C25H23N3O3S2. The van der Waals surface area contributed by atoms with Gasteiger partial charge in [0.25, 0.3) is 5.56 Å². The lowest BCUT2D eigenvalue weighted by Crippen LogP contribution is -2.24. The number of aromatic nitrogens is 2. The number of carbonyl (C=O) groups is 1. The average molecular weight is 478 g/mol. The SMILES string of the molecule is COc1ccc(-n2c(SC(C(N)=O)c3ccccc3)nc3sc4c(c3c2=O)CCCC4)cc1. The first kappa shape index (κ1) is 21.7. The van der Waals surface area contributed by atoms with Crippen molar-refractivity contribution >= 4 is 39.2 Å². The van der Waals surface area contributed by atoms with Gasteiger partial charge in [0, 0.05) is 4.88 Å². The van der Waals surface area contributed by atoms with E-state index in [0.717, 1.165) is 41.6 Å². The molecule has 0 aliphatic heterocycles. The monoisotopic (exact) mass is 477 g/mol. The van der Waals surface area contributed by atoms with Crippen LogP contribution in [0.15, 0.2) is 64.5 Å². The van der Waals surface area contributed by atoms with Gasteiger partial charge in [-0.05, 0) is 61.1 Å². The van der Waals surface area contributed by atoms with E-state index in [1.54, 1.807) is 23.0 Å². The number of methoxy groups -OCH3 is 1. The van der Waals surface area contributed by atoms with Crippen LogP contribution in [0.1, 0.15) is 34.1 Å². The number of thioether (sulfide) groups is 1. The number of benzene rings is 2. The number of hydrogen-bond acceptors (Lipinski definition) is 6. The van der Waals surface area contributed by atoms with Gasteiger partial charge in [0.05, 0.1) is 18.2 Å². The molecule has 33 heavy (non-hydrogen) atoms. The Labute approximate surface area is 199 Å². The number of ether oxygens (including phenoxy) is 1. The summed E-state index contributed by atoms with van der Waals surface area (Å²) in [5, 5.41) is 0.476. The van der Waals surface area contributed by atoms with Crippen molar-refractivity contribution in [3.8, 4) is 11.4 Å². The molecule has 0 radical (unpaired) electrons. The quantitative estimate of drug-likeness (QED) is 0.323. The van der Waals surface area contributed by atoms with Gasteiger partial charge in [-0.15, -0.1) is 11.3 Å². The van der Waals surface area contributed by atoms with E-state index in [1.165, 1.54) is 16.6 Å². The van der Waals surface area contributed by atoms with E-state index >= 15 is 0 Å². The van der Waals surface area contributed by atoms with Gasteiger partial charge in [0.1, 0.15) is 15.8 Å². The highest BCUT2D eigenvalue weighted by Gasteiger charge is 2.26. The molecule has 1 aliphatic carbocycles. The molecule has 6 nitrogen and oxygen atoms in total. The Bertz CT molecular complexity index is 1380. The smallest absolute Gasteiger partial charge is 0.267 e. The first-order valence-electron chi connectivity index (χ1n) is 10.8. The van der Waals surface area contributed by atoms with Gasteiger partial charge in [0.15, 0.2) is 5.16 Å². The van der Waals surface area contributed by atoms with Crippen LogP contribution in [0.3, 0.4) is 0 Å². The van der Waals surface area contributed by atoms with Crippen molar-refractivity contribution in [1.29, 1.82) is 0 Å². The summed E-state index contributed by atoms with van der Waals surface area (Å²) in [6, 6.07) is 16.6. The zero-order valence-electron chi connectivity index (χ0n) is 18.1. The number of amides is 1. The van der Waals surface area contributed by atoms with Crippen molar-refractivity contribution in [3.63, 3.8) is 0 Å². The van der Waals surface area contributed by atoms with Crippen LogP contribution in [0, 0.1) is 0 Å². The summed E-state index contributed by atoms with van der Waals surface area (Å²) in [5.74, 6) is 0.217. The highest BCUT2D eigenvalue weighted by molar-refractivity contribution is 8.00. The van der Waals surface area contributed by atoms with Crippen molar-refractivity contribution in [1.82, 2.24) is 9.55 Å². The lowest BCUT2D eigenvalue weighted by atomic mass is 9.97. The van der Waals surface area contributed by atoms with Gasteiger partial charge in [-0.25, -0.2) is 4.98 Å². The van der Waals surface area contributed by atoms with E-state index in [0.29, 0.717) is 22.0 Å². The number of aryl methyl sites for hydroxylation is 2. The third-order valence-electron chi connectivity index (χ3n) is 5.87. The second kappa shape index (κ2) is 9.03. The summed E-state index contributed by atoms with van der Waals surface area (Å²) in [7, 11) is 1.60. The fourth-order valence-corrected chi connectivity index (χ4v) is 6.62. The van der Waals surface area contributed by atoms with Crippen LogP contribution in [0.4, 0.5) is 0 Å². The highest BCUT2D eigenvalue weighted by Crippen LogP contribution is 2.38. The standard InChI is InChI=1S/C25H23N3O3S2/c1-31-17-13-11-16(12-14-17)28-24(30)20-18-9-5-6-10-19(18)32-23(20)27-25(28)33-21(22(26)29)15-7-3-2-4-8-15/h2-4,7-8,11-14,21H,5-6,9-10H2,1H3,(H2,26,29). The number of rotatable bonds is 6. The van der Waals surface area contributed by atoms with Crippen molar-refractivity contribution in [2.24, 2.45) is 5.73 Å². The molecule has 2 aromatic carbocycles. The molecule has 8 heteroatoms. The molecule has 1 amide bonds. The molecule has 5 rings (SSSR count). The highest BCUT2D eigenvalue weighted by atomic mass is 32.2. The van der Waals surface area contributed by atoms with Crippen molar-refractivity contribution in [3.05, 3.63) is 81.0 Å². The van der Waals surface area contributed by atoms with E-state index in [2.05, 4.69) is 0 Å². The second-order valence-corrected chi connectivity index (χ2v) is 10.1. The Kier molecular flexibility index (Phi) is 5.95. The molecule has 2 N–H and O–H groups in total. The topological polar surface area (TPSA) is 87.2 Å². The number of thiophene rings is 1. The molecule has 0 spiro atoms. The molecule has 168 valence electrons. The number of carbonyl (C=O) groups excluding carboxylic acids is 1. The zero-order chi connectivity index (χ0) is 22.9. The molecule has 1 aliphatic rings. The van der Waals surface area contributed by atoms with Crippen LogP contribution in [0.25, 0.3) is 15.9 Å². The molecule has 2 heterocycles. The van der Waals surface area contributed by atoms with Gasteiger partial charge < -0.3 is 10.5 Å². The van der Waals surface area contributed by atoms with Gasteiger partial charge in [-0.2, -0.15) is 0 Å². The second-order valence-electron chi connectivity index (χ2n) is 7.93. The maximum atomic E-state index is 13.9.